The Kier molecular flexibility index (Phi) is 5.43. The summed E-state index contributed by atoms with van der Waals surface area (Å²) in [6, 6.07) is 8.54. The first-order valence-electron chi connectivity index (χ1n) is 11.2. The van der Waals surface area contributed by atoms with Gasteiger partial charge >= 0.3 is 0 Å². The van der Waals surface area contributed by atoms with Gasteiger partial charge < -0.3 is 15.1 Å². The normalized spacial score (nSPS) is 29.7. The summed E-state index contributed by atoms with van der Waals surface area (Å²) in [7, 11) is 0. The Morgan fingerprint density at radius 3 is 2.50 bits per heavy atom. The second kappa shape index (κ2) is 7.70. The second-order valence-corrected chi connectivity index (χ2v) is 10.6. The molecule has 0 spiro atoms. The van der Waals surface area contributed by atoms with Crippen LogP contribution in [0.4, 0.5) is 5.69 Å². The van der Waals surface area contributed by atoms with Crippen molar-refractivity contribution in [3.8, 4) is 0 Å². The molecule has 4 heteroatoms. The van der Waals surface area contributed by atoms with Gasteiger partial charge in [-0.1, -0.05) is 27.2 Å². The molecule has 1 aromatic carbocycles. The molecule has 28 heavy (non-hydrogen) atoms. The Labute approximate surface area is 170 Å². The number of nitrogens with one attached hydrogen (secondary N) is 1. The Balaban J connectivity index is 1.33. The van der Waals surface area contributed by atoms with E-state index in [1.54, 1.807) is 0 Å². The maximum atomic E-state index is 13.2. The summed E-state index contributed by atoms with van der Waals surface area (Å²) < 4.78 is 0. The minimum Gasteiger partial charge on any atom is -0.384 e. The van der Waals surface area contributed by atoms with Crippen LogP contribution in [0.15, 0.2) is 24.3 Å². The number of carbonyl (C=O) groups is 1. The van der Waals surface area contributed by atoms with Crippen LogP contribution < -0.4 is 5.32 Å². The highest BCUT2D eigenvalue weighted by Crippen LogP contribution is 2.52. The maximum absolute atomic E-state index is 13.2. The smallest absolute Gasteiger partial charge is 0.254 e. The van der Waals surface area contributed by atoms with Crippen molar-refractivity contribution in [3.05, 3.63) is 29.8 Å². The molecular weight excluding hydrogens is 346 g/mol. The van der Waals surface area contributed by atoms with E-state index in [2.05, 4.69) is 48.0 Å². The molecule has 3 fully saturated rings. The van der Waals surface area contributed by atoms with E-state index in [1.165, 1.54) is 38.8 Å². The quantitative estimate of drug-likeness (QED) is 0.805. The number of hydrogen-bond donors (Lipinski definition) is 1. The van der Waals surface area contributed by atoms with E-state index in [1.807, 2.05) is 12.1 Å². The van der Waals surface area contributed by atoms with Crippen LogP contribution in [0.5, 0.6) is 0 Å². The van der Waals surface area contributed by atoms with Gasteiger partial charge in [-0.05, 0) is 80.3 Å². The van der Waals surface area contributed by atoms with Crippen molar-refractivity contribution in [2.24, 2.45) is 10.8 Å². The van der Waals surface area contributed by atoms with Gasteiger partial charge in [-0.15, -0.1) is 0 Å². The average molecular weight is 384 g/mol. The summed E-state index contributed by atoms with van der Waals surface area (Å²) in [6.45, 7) is 12.5. The van der Waals surface area contributed by atoms with E-state index in [4.69, 9.17) is 0 Å². The van der Waals surface area contributed by atoms with Crippen LogP contribution in [0, 0.1) is 10.8 Å². The summed E-state index contributed by atoms with van der Waals surface area (Å²) in [5, 5.41) is 3.51. The first-order chi connectivity index (χ1) is 13.3. The molecule has 3 aliphatic rings. The fourth-order valence-electron chi connectivity index (χ4n) is 6.14. The summed E-state index contributed by atoms with van der Waals surface area (Å²) >= 11 is 0. The van der Waals surface area contributed by atoms with Crippen molar-refractivity contribution in [3.63, 3.8) is 0 Å². The Bertz CT molecular complexity index is 692. The molecule has 2 aliphatic heterocycles. The van der Waals surface area contributed by atoms with Crippen molar-refractivity contribution < 1.29 is 4.79 Å². The van der Waals surface area contributed by atoms with Gasteiger partial charge in [0.05, 0.1) is 0 Å². The Hall–Kier alpha value is -1.55. The second-order valence-electron chi connectivity index (χ2n) is 10.6. The average Bonchev–Trinajstić information content (AvgIpc) is 2.91. The summed E-state index contributed by atoms with van der Waals surface area (Å²) in [5.74, 6) is 0.214. The number of amides is 1. The van der Waals surface area contributed by atoms with Gasteiger partial charge in [0.2, 0.25) is 0 Å². The molecule has 1 saturated carbocycles. The van der Waals surface area contributed by atoms with E-state index in [-0.39, 0.29) is 11.3 Å². The third kappa shape index (κ3) is 4.37. The monoisotopic (exact) mass is 383 g/mol. The molecule has 2 bridgehead atoms. The first kappa shape index (κ1) is 19.8. The predicted octanol–water partition coefficient (Wildman–Crippen LogP) is 4.63. The molecule has 4 rings (SSSR count). The van der Waals surface area contributed by atoms with E-state index in [0.29, 0.717) is 11.5 Å². The molecule has 4 nitrogen and oxygen atoms in total. The third-order valence-electron chi connectivity index (χ3n) is 7.01. The molecule has 154 valence electrons. The third-order valence-corrected chi connectivity index (χ3v) is 7.01. The van der Waals surface area contributed by atoms with Gasteiger partial charge in [-0.3, -0.25) is 4.79 Å². The van der Waals surface area contributed by atoms with Crippen LogP contribution in [-0.2, 0) is 0 Å². The molecule has 2 unspecified atom stereocenters. The van der Waals surface area contributed by atoms with E-state index in [9.17, 15) is 4.79 Å². The number of fused-ring (bicyclic) bond motifs is 2. The van der Waals surface area contributed by atoms with Gasteiger partial charge in [0.25, 0.3) is 5.91 Å². The first-order valence-corrected chi connectivity index (χ1v) is 11.2. The van der Waals surface area contributed by atoms with Crippen LogP contribution in [-0.4, -0.2) is 54.5 Å². The summed E-state index contributed by atoms with van der Waals surface area (Å²) in [6.07, 6.45) is 7.58. The molecular formula is C24H37N3O. The van der Waals surface area contributed by atoms with Crippen molar-refractivity contribution >= 4 is 11.6 Å². The van der Waals surface area contributed by atoms with Crippen LogP contribution in [0.25, 0.3) is 0 Å². The maximum Gasteiger partial charge on any atom is 0.254 e. The van der Waals surface area contributed by atoms with Crippen molar-refractivity contribution in [1.82, 2.24) is 9.80 Å². The van der Waals surface area contributed by atoms with Crippen LogP contribution in [0.2, 0.25) is 0 Å². The number of rotatable bonds is 5. The summed E-state index contributed by atoms with van der Waals surface area (Å²) in [4.78, 5) is 17.9. The zero-order chi connectivity index (χ0) is 19.8. The number of carbonyl (C=O) groups excluding carboxylic acids is 1. The fraction of sp³-hybridized carbons (Fsp3) is 0.708. The molecule has 1 N–H and O–H groups in total. The van der Waals surface area contributed by atoms with E-state index >= 15 is 0 Å². The zero-order valence-corrected chi connectivity index (χ0v) is 18.0. The highest BCUT2D eigenvalue weighted by Gasteiger charge is 2.50. The number of benzene rings is 1. The minimum atomic E-state index is 0.214. The van der Waals surface area contributed by atoms with Gasteiger partial charge in [0.1, 0.15) is 0 Å². The fourth-order valence-corrected chi connectivity index (χ4v) is 6.14. The van der Waals surface area contributed by atoms with Crippen LogP contribution >= 0.6 is 0 Å². The molecule has 0 radical (unpaired) electrons. The van der Waals surface area contributed by atoms with Crippen LogP contribution in [0.1, 0.15) is 69.7 Å². The number of likely N-dealkylation sites (tertiary alicyclic amines) is 2. The topological polar surface area (TPSA) is 35.6 Å². The zero-order valence-electron chi connectivity index (χ0n) is 18.0. The molecule has 1 amide bonds. The molecule has 2 saturated heterocycles. The molecule has 2 heterocycles. The van der Waals surface area contributed by atoms with Gasteiger partial charge in [-0.2, -0.15) is 0 Å². The number of nitrogens with zero attached hydrogens (tertiary/aromatic N) is 2. The minimum absolute atomic E-state index is 0.214. The SMILES string of the molecule is CC1(C)CC2CC(C)(CN2C(=O)c2ccc(NCCN3CCCCC3)cc2)C1. The molecule has 0 aromatic heterocycles. The van der Waals surface area contributed by atoms with Crippen molar-refractivity contribution in [2.45, 2.75) is 65.3 Å². The van der Waals surface area contributed by atoms with Gasteiger partial charge in [0, 0.05) is 36.9 Å². The number of piperidine rings is 1. The molecule has 2 atom stereocenters. The highest BCUT2D eigenvalue weighted by molar-refractivity contribution is 5.95. The lowest BCUT2D eigenvalue weighted by Gasteiger charge is -2.39. The lowest BCUT2D eigenvalue weighted by atomic mass is 9.65. The molecule has 1 aromatic rings. The van der Waals surface area contributed by atoms with E-state index in [0.717, 1.165) is 43.7 Å². The van der Waals surface area contributed by atoms with Gasteiger partial charge in [0.15, 0.2) is 0 Å². The largest absolute Gasteiger partial charge is 0.384 e. The Morgan fingerprint density at radius 1 is 1.07 bits per heavy atom. The standard InChI is InChI=1S/C24H37N3O/c1-23(2)15-21-16-24(3,17-23)18-27(21)22(28)19-7-9-20(10-8-19)25-11-14-26-12-5-4-6-13-26/h7-10,21,25H,4-6,11-18H2,1-3H3. The highest BCUT2D eigenvalue weighted by atomic mass is 16.2. The van der Waals surface area contributed by atoms with Crippen LogP contribution in [0.3, 0.4) is 0 Å². The molecule has 1 aliphatic carbocycles. The lowest BCUT2D eigenvalue weighted by molar-refractivity contribution is 0.0708. The number of anilines is 1. The van der Waals surface area contributed by atoms with E-state index < -0.39 is 0 Å². The van der Waals surface area contributed by atoms with Crippen molar-refractivity contribution in [2.75, 3.05) is 38.0 Å². The predicted molar refractivity (Wildman–Crippen MR) is 116 cm³/mol. The van der Waals surface area contributed by atoms with Gasteiger partial charge in [-0.25, -0.2) is 0 Å². The number of hydrogen-bond acceptors (Lipinski definition) is 3. The Morgan fingerprint density at radius 2 is 1.79 bits per heavy atom. The van der Waals surface area contributed by atoms with Crippen molar-refractivity contribution in [1.29, 1.82) is 0 Å². The lowest BCUT2D eigenvalue weighted by Crippen LogP contribution is -2.37. The summed E-state index contributed by atoms with van der Waals surface area (Å²) in [5.41, 5.74) is 2.57.